The summed E-state index contributed by atoms with van der Waals surface area (Å²) in [5.74, 6) is -0.582. The average Bonchev–Trinajstić information content (AvgIpc) is 3.46. The summed E-state index contributed by atoms with van der Waals surface area (Å²) in [6.45, 7) is 4.79. The number of aliphatic hydroxyl groups excluding tert-OH is 1. The highest BCUT2D eigenvalue weighted by Crippen LogP contribution is 2.41. The Morgan fingerprint density at radius 1 is 1.24 bits per heavy atom. The molecule has 0 aliphatic carbocycles. The molecule has 3 heterocycles. The van der Waals surface area contributed by atoms with Gasteiger partial charge in [0.15, 0.2) is 0 Å². The molecule has 0 unspecified atom stereocenters. The zero-order chi connectivity index (χ0) is 24.0. The number of aliphatic hydroxyl groups is 1. The Labute approximate surface area is 197 Å². The van der Waals surface area contributed by atoms with Gasteiger partial charge in [-0.1, -0.05) is 24.3 Å². The lowest BCUT2D eigenvalue weighted by Crippen LogP contribution is -2.31. The molecule has 5 rings (SSSR count). The van der Waals surface area contributed by atoms with Crippen molar-refractivity contribution in [3.05, 3.63) is 76.4 Å². The molecule has 34 heavy (non-hydrogen) atoms. The molecular weight excluding hydrogens is 433 g/mol. The Morgan fingerprint density at radius 3 is 2.76 bits per heavy atom. The number of benzene rings is 2. The number of aromatic amines is 1. The van der Waals surface area contributed by atoms with Gasteiger partial charge in [0.25, 0.3) is 5.91 Å². The van der Waals surface area contributed by atoms with E-state index >= 15 is 0 Å². The number of hydrogen-bond acceptors (Lipinski definition) is 3. The number of carbonyl (C=O) groups excluding carboxylic acids is 2. The van der Waals surface area contributed by atoms with E-state index in [1.54, 1.807) is 17.0 Å². The molecule has 2 aliphatic rings. The predicted octanol–water partition coefficient (Wildman–Crippen LogP) is 4.07. The fourth-order valence-electron chi connectivity index (χ4n) is 4.88. The molecule has 2 aliphatic heterocycles. The lowest BCUT2D eigenvalue weighted by atomic mass is 9.94. The summed E-state index contributed by atoms with van der Waals surface area (Å²) in [6, 6.07) is 11.9. The molecule has 0 spiro atoms. The van der Waals surface area contributed by atoms with Crippen molar-refractivity contribution in [2.24, 2.45) is 0 Å². The van der Waals surface area contributed by atoms with Crippen LogP contribution in [0, 0.1) is 19.7 Å². The topological polar surface area (TPSA) is 85.4 Å². The van der Waals surface area contributed by atoms with Gasteiger partial charge in [0.2, 0.25) is 5.91 Å². The lowest BCUT2D eigenvalue weighted by molar-refractivity contribution is -0.129. The van der Waals surface area contributed by atoms with Gasteiger partial charge in [0, 0.05) is 35.7 Å². The predicted molar refractivity (Wildman–Crippen MR) is 130 cm³/mol. The van der Waals surface area contributed by atoms with Gasteiger partial charge in [0.1, 0.15) is 5.82 Å². The van der Waals surface area contributed by atoms with Crippen molar-refractivity contribution < 1.29 is 19.1 Å². The highest BCUT2D eigenvalue weighted by atomic mass is 19.1. The van der Waals surface area contributed by atoms with Crippen molar-refractivity contribution in [3.8, 4) is 11.1 Å². The van der Waals surface area contributed by atoms with Crippen LogP contribution < -0.4 is 5.32 Å². The van der Waals surface area contributed by atoms with Gasteiger partial charge in [-0.25, -0.2) is 4.39 Å². The third-order valence-corrected chi connectivity index (χ3v) is 6.73. The van der Waals surface area contributed by atoms with E-state index in [4.69, 9.17) is 0 Å². The van der Waals surface area contributed by atoms with E-state index in [0.717, 1.165) is 33.6 Å². The number of β-amino-alcohol motifs (C(OH)–C–C–N with tert-alkyl or cyclic N) is 1. The number of aromatic nitrogens is 1. The van der Waals surface area contributed by atoms with Crippen LogP contribution in [0.5, 0.6) is 0 Å². The van der Waals surface area contributed by atoms with Crippen molar-refractivity contribution in [1.82, 2.24) is 9.88 Å². The van der Waals surface area contributed by atoms with Crippen molar-refractivity contribution in [2.75, 3.05) is 18.4 Å². The van der Waals surface area contributed by atoms with Crippen LogP contribution in [-0.4, -0.2) is 46.0 Å². The highest BCUT2D eigenvalue weighted by Gasteiger charge is 2.29. The van der Waals surface area contributed by atoms with Crippen molar-refractivity contribution >= 4 is 29.2 Å². The summed E-state index contributed by atoms with van der Waals surface area (Å²) >= 11 is 0. The Morgan fingerprint density at radius 2 is 2.03 bits per heavy atom. The number of hydrogen-bond donors (Lipinski definition) is 3. The first-order valence-corrected chi connectivity index (χ1v) is 11.4. The summed E-state index contributed by atoms with van der Waals surface area (Å²) in [5, 5.41) is 12.7. The number of H-pyrrole nitrogens is 1. The van der Waals surface area contributed by atoms with E-state index < -0.39 is 6.10 Å². The molecule has 6 nitrogen and oxygen atoms in total. The Hall–Kier alpha value is -3.71. The number of rotatable bonds is 4. The maximum Gasteiger partial charge on any atom is 0.256 e. The van der Waals surface area contributed by atoms with E-state index in [2.05, 4.69) is 10.3 Å². The molecule has 174 valence electrons. The van der Waals surface area contributed by atoms with Crippen LogP contribution in [0.2, 0.25) is 0 Å². The number of nitrogens with zero attached hydrogens (tertiary/aromatic N) is 1. The van der Waals surface area contributed by atoms with Gasteiger partial charge >= 0.3 is 0 Å². The summed E-state index contributed by atoms with van der Waals surface area (Å²) < 4.78 is 13.9. The third-order valence-electron chi connectivity index (χ3n) is 6.73. The minimum Gasteiger partial charge on any atom is -0.391 e. The molecule has 7 heteroatoms. The summed E-state index contributed by atoms with van der Waals surface area (Å²) in [7, 11) is 0. The summed E-state index contributed by atoms with van der Waals surface area (Å²) in [6.07, 6.45) is 2.20. The third kappa shape index (κ3) is 3.92. The fourth-order valence-corrected chi connectivity index (χ4v) is 4.88. The number of anilines is 1. The van der Waals surface area contributed by atoms with Crippen LogP contribution in [0.3, 0.4) is 0 Å². The molecule has 0 radical (unpaired) electrons. The Bertz CT molecular complexity index is 1340. The second-order valence-corrected chi connectivity index (χ2v) is 8.98. The number of fused-ring (bicyclic) bond motifs is 1. The maximum atomic E-state index is 13.9. The monoisotopic (exact) mass is 459 g/mol. The van der Waals surface area contributed by atoms with Crippen LogP contribution in [0.4, 0.5) is 10.1 Å². The van der Waals surface area contributed by atoms with E-state index in [1.807, 2.05) is 38.1 Å². The normalized spacial score (nSPS) is 18.5. The van der Waals surface area contributed by atoms with Crippen LogP contribution >= 0.6 is 0 Å². The quantitative estimate of drug-likeness (QED) is 0.514. The van der Waals surface area contributed by atoms with E-state index in [0.29, 0.717) is 36.3 Å². The van der Waals surface area contributed by atoms with Gasteiger partial charge < -0.3 is 20.3 Å². The van der Waals surface area contributed by atoms with Crippen LogP contribution in [-0.2, 0) is 16.0 Å². The molecule has 2 aromatic carbocycles. The SMILES string of the molecule is Cc1[nH]c(C=C2C(=O)Nc3cccc(-c4cccc(F)c4)c32)c(C)c1CC(=O)N1CC[C@H](O)C1. The number of nitrogens with one attached hydrogen (secondary N) is 2. The smallest absolute Gasteiger partial charge is 0.256 e. The lowest BCUT2D eigenvalue weighted by Gasteiger charge is -2.15. The zero-order valence-electron chi connectivity index (χ0n) is 19.1. The molecule has 1 saturated heterocycles. The molecule has 3 aromatic rings. The van der Waals surface area contributed by atoms with Gasteiger partial charge in [-0.05, 0) is 66.8 Å². The Balaban J connectivity index is 1.52. The second-order valence-electron chi connectivity index (χ2n) is 8.98. The second kappa shape index (κ2) is 8.57. The minimum absolute atomic E-state index is 0.0155. The number of amides is 2. The van der Waals surface area contributed by atoms with Crippen LogP contribution in [0.25, 0.3) is 22.8 Å². The van der Waals surface area contributed by atoms with E-state index in [-0.39, 0.29) is 24.1 Å². The molecule has 1 aromatic heterocycles. The summed E-state index contributed by atoms with van der Waals surface area (Å²) in [4.78, 5) is 30.7. The maximum absolute atomic E-state index is 13.9. The number of likely N-dealkylation sites (tertiary alicyclic amines) is 1. The zero-order valence-corrected chi connectivity index (χ0v) is 19.1. The molecule has 1 atom stereocenters. The molecule has 2 amide bonds. The van der Waals surface area contributed by atoms with E-state index in [9.17, 15) is 19.1 Å². The average molecular weight is 460 g/mol. The van der Waals surface area contributed by atoms with Crippen LogP contribution in [0.15, 0.2) is 42.5 Å². The van der Waals surface area contributed by atoms with Gasteiger partial charge in [-0.2, -0.15) is 0 Å². The largest absolute Gasteiger partial charge is 0.391 e. The minimum atomic E-state index is -0.453. The van der Waals surface area contributed by atoms with Gasteiger partial charge in [-0.15, -0.1) is 0 Å². The molecule has 0 bridgehead atoms. The van der Waals surface area contributed by atoms with Gasteiger partial charge in [-0.3, -0.25) is 9.59 Å². The first-order valence-electron chi connectivity index (χ1n) is 11.4. The highest BCUT2D eigenvalue weighted by molar-refractivity contribution is 6.36. The fraction of sp³-hybridized carbons (Fsp3) is 0.259. The number of carbonyl (C=O) groups is 2. The molecule has 1 fully saturated rings. The van der Waals surface area contributed by atoms with Crippen LogP contribution in [0.1, 0.15) is 34.5 Å². The Kier molecular flexibility index (Phi) is 5.57. The molecular formula is C27H26FN3O3. The summed E-state index contributed by atoms with van der Waals surface area (Å²) in [5.41, 5.74) is 6.79. The molecule has 3 N–H and O–H groups in total. The number of halogens is 1. The number of aryl methyl sites for hydroxylation is 1. The van der Waals surface area contributed by atoms with Gasteiger partial charge in [0.05, 0.1) is 18.1 Å². The first kappa shape index (κ1) is 22.1. The standard InChI is InChI=1S/C27H26FN3O3/c1-15-21(13-25(33)31-10-9-19(32)14-31)16(2)29-24(15)12-22-26-20(17-5-3-6-18(28)11-17)7-4-8-23(26)30-27(22)34/h3-8,11-12,19,29,32H,9-10,13-14H2,1-2H3,(H,30,34)/t19-/m0/s1. The van der Waals surface area contributed by atoms with Crippen molar-refractivity contribution in [2.45, 2.75) is 32.8 Å². The first-order chi connectivity index (χ1) is 16.3. The van der Waals surface area contributed by atoms with Crippen molar-refractivity contribution in [1.29, 1.82) is 0 Å². The van der Waals surface area contributed by atoms with E-state index in [1.165, 1.54) is 12.1 Å². The van der Waals surface area contributed by atoms with Crippen molar-refractivity contribution in [3.63, 3.8) is 0 Å². The molecule has 0 saturated carbocycles.